The van der Waals surface area contributed by atoms with Crippen LogP contribution in [0.5, 0.6) is 17.2 Å². The van der Waals surface area contributed by atoms with Crippen molar-refractivity contribution in [2.45, 2.75) is 52.0 Å². The minimum Gasteiger partial charge on any atom is -0.492 e. The van der Waals surface area contributed by atoms with Crippen molar-refractivity contribution in [2.75, 3.05) is 39.5 Å². The number of hydrogen-bond donors (Lipinski definition) is 6. The SMILES string of the molecule is Cc1c(COc2cc(OCc3cncc(C(N)=O)c3)c(CN[C@](C)(CO)C(=O)O)cc2Cl)cccc1-c1cccc(OCCCN2CCC(CO)(C(=O)O)C2)c1Cl. The lowest BCUT2D eigenvalue weighted by atomic mass is 9.88. The Morgan fingerprint density at radius 2 is 1.68 bits per heavy atom. The van der Waals surface area contributed by atoms with Gasteiger partial charge in [0.05, 0.1) is 35.4 Å². The lowest BCUT2D eigenvalue weighted by molar-refractivity contribution is -0.150. The number of likely N-dealkylation sites (tertiary alicyclic amines) is 1. The van der Waals surface area contributed by atoms with Crippen molar-refractivity contribution in [1.29, 1.82) is 0 Å². The average molecular weight is 826 g/mol. The summed E-state index contributed by atoms with van der Waals surface area (Å²) in [5.41, 5.74) is 7.30. The molecule has 16 heteroatoms. The molecule has 1 aromatic heterocycles. The van der Waals surface area contributed by atoms with Gasteiger partial charge in [-0.3, -0.25) is 24.7 Å². The van der Waals surface area contributed by atoms with Gasteiger partial charge in [-0.15, -0.1) is 0 Å². The number of nitrogens with zero attached hydrogens (tertiary/aromatic N) is 2. The minimum absolute atomic E-state index is 0.0143. The van der Waals surface area contributed by atoms with Crippen LogP contribution in [0.4, 0.5) is 0 Å². The third-order valence-corrected chi connectivity index (χ3v) is 10.9. The van der Waals surface area contributed by atoms with Crippen molar-refractivity contribution >= 4 is 41.0 Å². The molecule has 0 saturated carbocycles. The van der Waals surface area contributed by atoms with Gasteiger partial charge in [0.25, 0.3) is 0 Å². The molecule has 1 aliphatic heterocycles. The van der Waals surface area contributed by atoms with Crippen LogP contribution in [0.2, 0.25) is 10.0 Å². The van der Waals surface area contributed by atoms with Gasteiger partial charge in [0, 0.05) is 54.8 Å². The number of carboxylic acids is 2. The number of benzene rings is 3. The molecular formula is C41H46Cl2N4O10. The zero-order valence-corrected chi connectivity index (χ0v) is 33.1. The number of carbonyl (C=O) groups is 3. The van der Waals surface area contributed by atoms with Crippen LogP contribution in [0.1, 0.15) is 52.4 Å². The number of halogens is 2. The molecular weight excluding hydrogens is 779 g/mol. The van der Waals surface area contributed by atoms with Gasteiger partial charge in [0.15, 0.2) is 0 Å². The fraction of sp³-hybridized carbons (Fsp3) is 0.366. The number of carboxylic acid groups (broad SMARTS) is 2. The number of pyridine rings is 1. The second-order valence-corrected chi connectivity index (χ2v) is 15.0. The fourth-order valence-corrected chi connectivity index (χ4v) is 6.94. The van der Waals surface area contributed by atoms with Crippen molar-refractivity contribution in [1.82, 2.24) is 15.2 Å². The Morgan fingerprint density at radius 3 is 2.37 bits per heavy atom. The number of primary amides is 1. The zero-order chi connectivity index (χ0) is 41.3. The highest BCUT2D eigenvalue weighted by Gasteiger charge is 2.44. The van der Waals surface area contributed by atoms with Crippen molar-refractivity contribution in [3.05, 3.63) is 105 Å². The molecule has 0 spiro atoms. The summed E-state index contributed by atoms with van der Waals surface area (Å²) in [6.45, 7) is 4.22. The van der Waals surface area contributed by atoms with E-state index in [9.17, 15) is 34.8 Å². The molecule has 2 atom stereocenters. The Morgan fingerprint density at radius 1 is 0.947 bits per heavy atom. The molecule has 304 valence electrons. The molecule has 0 aliphatic carbocycles. The Bertz CT molecular complexity index is 2100. The van der Waals surface area contributed by atoms with E-state index in [-0.39, 0.29) is 30.3 Å². The van der Waals surface area contributed by atoms with Gasteiger partial charge < -0.3 is 45.3 Å². The van der Waals surface area contributed by atoms with E-state index in [0.717, 1.165) is 22.3 Å². The largest absolute Gasteiger partial charge is 0.492 e. The number of nitrogens with two attached hydrogens (primary N) is 1. The van der Waals surface area contributed by atoms with Gasteiger partial charge in [0.1, 0.15) is 41.4 Å². The third-order valence-electron chi connectivity index (χ3n) is 10.2. The second kappa shape index (κ2) is 19.0. The summed E-state index contributed by atoms with van der Waals surface area (Å²) in [6, 6.07) is 16.1. The molecule has 5 rings (SSSR count). The zero-order valence-electron chi connectivity index (χ0n) is 31.6. The Balaban J connectivity index is 1.30. The van der Waals surface area contributed by atoms with Crippen LogP contribution in [0.3, 0.4) is 0 Å². The van der Waals surface area contributed by atoms with Gasteiger partial charge in [-0.2, -0.15) is 0 Å². The van der Waals surface area contributed by atoms with E-state index in [1.54, 1.807) is 24.3 Å². The van der Waals surface area contributed by atoms with Crippen LogP contribution in [0.25, 0.3) is 11.1 Å². The van der Waals surface area contributed by atoms with E-state index in [1.807, 2.05) is 42.2 Å². The van der Waals surface area contributed by atoms with Crippen molar-refractivity contribution in [3.8, 4) is 28.4 Å². The van der Waals surface area contributed by atoms with Crippen LogP contribution in [0.15, 0.2) is 67.0 Å². The molecule has 57 heavy (non-hydrogen) atoms. The number of aliphatic hydroxyl groups excluding tert-OH is 2. The van der Waals surface area contributed by atoms with Crippen molar-refractivity contribution in [3.63, 3.8) is 0 Å². The summed E-state index contributed by atoms with van der Waals surface area (Å²) in [4.78, 5) is 41.3. The monoisotopic (exact) mass is 824 g/mol. The standard InChI is InChI=1S/C41H46Cl2N4O10/c1-25-27(6-3-7-30(25)31-8-4-9-33(36(31)43)55-13-5-11-47-12-10-41(22-47,24-49)39(53)54)21-57-35-16-34(56-20-26-14-29(37(44)50)18-45-17-26)28(15-32(35)42)19-46-40(2,23-48)38(51)52/h3-4,6-9,14-18,46,48-49H,5,10-13,19-24H2,1-2H3,(H2,44,50)(H,51,52)(H,53,54)/t40-,41?/m1/s1. The summed E-state index contributed by atoms with van der Waals surface area (Å²) >= 11 is 13.6. The number of amides is 1. The normalized spacial score (nSPS) is 16.5. The number of nitrogens with one attached hydrogen (secondary N) is 1. The number of ether oxygens (including phenoxy) is 3. The smallest absolute Gasteiger partial charge is 0.326 e. The Hall–Kier alpha value is -4.96. The summed E-state index contributed by atoms with van der Waals surface area (Å²) in [5, 5.41) is 42.1. The Labute approximate surface area is 340 Å². The van der Waals surface area contributed by atoms with Gasteiger partial charge in [0.2, 0.25) is 5.91 Å². The van der Waals surface area contributed by atoms with Crippen molar-refractivity contribution in [2.24, 2.45) is 11.1 Å². The molecule has 1 saturated heterocycles. The first-order chi connectivity index (χ1) is 27.2. The van der Waals surface area contributed by atoms with E-state index in [0.29, 0.717) is 72.5 Å². The molecule has 1 amide bonds. The first-order valence-electron chi connectivity index (χ1n) is 18.2. The fourth-order valence-electron chi connectivity index (χ4n) is 6.42. The number of aromatic nitrogens is 1. The van der Waals surface area contributed by atoms with Crippen LogP contribution < -0.4 is 25.3 Å². The van der Waals surface area contributed by atoms with Gasteiger partial charge >= 0.3 is 11.9 Å². The second-order valence-electron chi connectivity index (χ2n) is 14.2. The topological polar surface area (TPSA) is 214 Å². The maximum Gasteiger partial charge on any atom is 0.326 e. The van der Waals surface area contributed by atoms with Crippen LogP contribution in [-0.4, -0.2) is 93.1 Å². The number of hydrogen-bond acceptors (Lipinski definition) is 11. The molecule has 7 N–H and O–H groups in total. The highest BCUT2D eigenvalue weighted by Crippen LogP contribution is 2.39. The Kier molecular flexibility index (Phi) is 14.4. The third kappa shape index (κ3) is 10.3. The van der Waals surface area contributed by atoms with Gasteiger partial charge in [-0.1, -0.05) is 53.5 Å². The minimum atomic E-state index is -1.64. The first kappa shape index (κ1) is 43.2. The molecule has 2 heterocycles. The van der Waals surface area contributed by atoms with Crippen LogP contribution in [-0.2, 0) is 29.3 Å². The molecule has 0 bridgehead atoms. The molecule has 4 aromatic rings. The lowest BCUT2D eigenvalue weighted by Crippen LogP contribution is -2.52. The summed E-state index contributed by atoms with van der Waals surface area (Å²) in [5.74, 6) is -1.74. The van der Waals surface area contributed by atoms with Gasteiger partial charge in [-0.25, -0.2) is 0 Å². The van der Waals surface area contributed by atoms with E-state index < -0.39 is 42.0 Å². The van der Waals surface area contributed by atoms with Gasteiger partial charge in [-0.05, 0) is 68.1 Å². The average Bonchev–Trinajstić information content (AvgIpc) is 3.63. The predicted octanol–water partition coefficient (Wildman–Crippen LogP) is 5.08. The molecule has 1 unspecified atom stereocenters. The molecule has 14 nitrogen and oxygen atoms in total. The number of aliphatic hydroxyl groups is 2. The highest BCUT2D eigenvalue weighted by atomic mass is 35.5. The van der Waals surface area contributed by atoms with Crippen LogP contribution in [0, 0.1) is 12.3 Å². The molecule has 1 aliphatic rings. The number of aliphatic carboxylic acids is 2. The molecule has 3 aromatic carbocycles. The summed E-state index contributed by atoms with van der Waals surface area (Å²) in [6.07, 6.45) is 3.92. The van der Waals surface area contributed by atoms with E-state index in [1.165, 1.54) is 19.3 Å². The van der Waals surface area contributed by atoms with Crippen LogP contribution >= 0.6 is 23.2 Å². The number of rotatable bonds is 20. The predicted molar refractivity (Wildman–Crippen MR) is 213 cm³/mol. The van der Waals surface area contributed by atoms with Crippen molar-refractivity contribution < 1.29 is 49.0 Å². The van der Waals surface area contributed by atoms with E-state index in [4.69, 9.17) is 43.1 Å². The highest BCUT2D eigenvalue weighted by molar-refractivity contribution is 6.35. The van der Waals surface area contributed by atoms with E-state index in [2.05, 4.69) is 10.3 Å². The maximum absolute atomic E-state index is 11.8. The molecule has 0 radical (unpaired) electrons. The van der Waals surface area contributed by atoms with E-state index >= 15 is 0 Å². The lowest BCUT2D eigenvalue weighted by Gasteiger charge is -2.25. The quantitative estimate of drug-likeness (QED) is 0.0643. The number of carbonyl (C=O) groups excluding carboxylic acids is 1. The summed E-state index contributed by atoms with van der Waals surface area (Å²) < 4.78 is 18.4. The molecule has 1 fully saturated rings. The summed E-state index contributed by atoms with van der Waals surface area (Å²) in [7, 11) is 0. The maximum atomic E-state index is 11.8. The first-order valence-corrected chi connectivity index (χ1v) is 18.9.